The molecule has 4 heteroatoms. The van der Waals surface area contributed by atoms with Crippen LogP contribution in [0.5, 0.6) is 11.5 Å². The lowest BCUT2D eigenvalue weighted by molar-refractivity contribution is 0.0956. The van der Waals surface area contributed by atoms with Gasteiger partial charge in [-0.15, -0.1) is 0 Å². The summed E-state index contributed by atoms with van der Waals surface area (Å²) < 4.78 is 10.8. The number of likely N-dealkylation sites (N-methyl/N-ethyl adjacent to an activating group) is 1. The molecule has 1 aromatic carbocycles. The molecule has 0 amide bonds. The first-order chi connectivity index (χ1) is 7.66. The van der Waals surface area contributed by atoms with Crippen LogP contribution >= 0.6 is 0 Å². The molecule has 0 spiro atoms. The molecule has 0 N–H and O–H groups in total. The van der Waals surface area contributed by atoms with Crippen LogP contribution in [0.2, 0.25) is 0 Å². The second-order valence-electron chi connectivity index (χ2n) is 4.02. The van der Waals surface area contributed by atoms with E-state index >= 15 is 0 Å². The Labute approximate surface area is 94.8 Å². The topological polar surface area (TPSA) is 38.8 Å². The number of rotatable bonds is 3. The Morgan fingerprint density at radius 1 is 1.25 bits per heavy atom. The summed E-state index contributed by atoms with van der Waals surface area (Å²) >= 11 is 0. The van der Waals surface area contributed by atoms with Gasteiger partial charge in [0.05, 0.1) is 6.54 Å². The van der Waals surface area contributed by atoms with Crippen molar-refractivity contribution in [2.75, 3.05) is 33.9 Å². The lowest BCUT2D eigenvalue weighted by atomic mass is 10.1. The third kappa shape index (κ3) is 2.33. The number of ketones is 1. The van der Waals surface area contributed by atoms with Crippen molar-refractivity contribution in [3.05, 3.63) is 23.8 Å². The van der Waals surface area contributed by atoms with Crippen LogP contribution in [-0.4, -0.2) is 44.5 Å². The van der Waals surface area contributed by atoms with Crippen molar-refractivity contribution in [3.63, 3.8) is 0 Å². The van der Waals surface area contributed by atoms with Crippen LogP contribution in [0.3, 0.4) is 0 Å². The first-order valence-electron chi connectivity index (χ1n) is 5.24. The monoisotopic (exact) mass is 221 g/mol. The van der Waals surface area contributed by atoms with Crippen molar-refractivity contribution >= 4 is 5.78 Å². The summed E-state index contributed by atoms with van der Waals surface area (Å²) in [5.74, 6) is 1.46. The maximum Gasteiger partial charge on any atom is 0.176 e. The number of carbonyl (C=O) groups is 1. The molecule has 0 radical (unpaired) electrons. The standard InChI is InChI=1S/C12H15NO3/c1-13(2)8-10(14)9-3-4-11-12(7-9)16-6-5-15-11/h3-4,7H,5-6,8H2,1-2H3. The van der Waals surface area contributed by atoms with Crippen LogP contribution in [0.15, 0.2) is 18.2 Å². The predicted octanol–water partition coefficient (Wildman–Crippen LogP) is 1.20. The van der Waals surface area contributed by atoms with Crippen LogP contribution < -0.4 is 9.47 Å². The van der Waals surface area contributed by atoms with Crippen molar-refractivity contribution < 1.29 is 14.3 Å². The van der Waals surface area contributed by atoms with Gasteiger partial charge in [-0.2, -0.15) is 0 Å². The first kappa shape index (κ1) is 11.0. The summed E-state index contributed by atoms with van der Waals surface area (Å²) in [4.78, 5) is 13.6. The minimum atomic E-state index is 0.0852. The van der Waals surface area contributed by atoms with Crippen molar-refractivity contribution in [2.45, 2.75) is 0 Å². The third-order valence-corrected chi connectivity index (χ3v) is 2.32. The van der Waals surface area contributed by atoms with Gasteiger partial charge in [0.25, 0.3) is 0 Å². The van der Waals surface area contributed by atoms with Gasteiger partial charge in [-0.25, -0.2) is 0 Å². The summed E-state index contributed by atoms with van der Waals surface area (Å²) in [7, 11) is 3.74. The van der Waals surface area contributed by atoms with Crippen LogP contribution in [-0.2, 0) is 0 Å². The maximum absolute atomic E-state index is 11.8. The molecule has 0 atom stereocenters. The fourth-order valence-corrected chi connectivity index (χ4v) is 1.60. The second-order valence-corrected chi connectivity index (χ2v) is 4.02. The molecule has 86 valence electrons. The average molecular weight is 221 g/mol. The van der Waals surface area contributed by atoms with Gasteiger partial charge in [0.15, 0.2) is 17.3 Å². The molecule has 0 bridgehead atoms. The van der Waals surface area contributed by atoms with E-state index < -0.39 is 0 Å². The molecule has 0 saturated heterocycles. The van der Waals surface area contributed by atoms with E-state index in [2.05, 4.69) is 0 Å². The second kappa shape index (κ2) is 4.53. The number of benzene rings is 1. The van der Waals surface area contributed by atoms with E-state index in [4.69, 9.17) is 9.47 Å². The zero-order chi connectivity index (χ0) is 11.5. The fourth-order valence-electron chi connectivity index (χ4n) is 1.60. The smallest absolute Gasteiger partial charge is 0.176 e. The molecule has 0 aromatic heterocycles. The third-order valence-electron chi connectivity index (χ3n) is 2.32. The summed E-state index contributed by atoms with van der Waals surface area (Å²) in [5, 5.41) is 0. The Morgan fingerprint density at radius 2 is 1.94 bits per heavy atom. The number of hydrogen-bond acceptors (Lipinski definition) is 4. The summed E-state index contributed by atoms with van der Waals surface area (Å²) in [6.07, 6.45) is 0. The Bertz CT molecular complexity index is 401. The maximum atomic E-state index is 11.8. The highest BCUT2D eigenvalue weighted by Gasteiger charge is 2.14. The molecule has 0 unspecified atom stereocenters. The van der Waals surface area contributed by atoms with Gasteiger partial charge in [-0.1, -0.05) is 0 Å². The highest BCUT2D eigenvalue weighted by Crippen LogP contribution is 2.30. The van der Waals surface area contributed by atoms with Gasteiger partial charge < -0.3 is 14.4 Å². The van der Waals surface area contributed by atoms with Gasteiger partial charge in [-0.05, 0) is 32.3 Å². The van der Waals surface area contributed by atoms with E-state index in [0.717, 1.165) is 0 Å². The van der Waals surface area contributed by atoms with Crippen LogP contribution in [0.4, 0.5) is 0 Å². The van der Waals surface area contributed by atoms with Crippen molar-refractivity contribution in [1.82, 2.24) is 4.90 Å². The number of hydrogen-bond donors (Lipinski definition) is 0. The number of fused-ring (bicyclic) bond motifs is 1. The van der Waals surface area contributed by atoms with E-state index in [1.165, 1.54) is 0 Å². The molecule has 0 saturated carbocycles. The van der Waals surface area contributed by atoms with Gasteiger partial charge in [0.2, 0.25) is 0 Å². The lowest BCUT2D eigenvalue weighted by Crippen LogP contribution is -2.22. The molecule has 1 aliphatic heterocycles. The predicted molar refractivity (Wildman–Crippen MR) is 60.3 cm³/mol. The fraction of sp³-hybridized carbons (Fsp3) is 0.417. The zero-order valence-electron chi connectivity index (χ0n) is 9.53. The van der Waals surface area contributed by atoms with E-state index in [1.807, 2.05) is 19.0 Å². The molecule has 1 aliphatic rings. The Kier molecular flexibility index (Phi) is 3.10. The largest absolute Gasteiger partial charge is 0.486 e. The lowest BCUT2D eigenvalue weighted by Gasteiger charge is -2.18. The Morgan fingerprint density at radius 3 is 2.62 bits per heavy atom. The van der Waals surface area contributed by atoms with Gasteiger partial charge in [-0.3, -0.25) is 4.79 Å². The molecule has 16 heavy (non-hydrogen) atoms. The van der Waals surface area contributed by atoms with Crippen molar-refractivity contribution in [2.24, 2.45) is 0 Å². The zero-order valence-corrected chi connectivity index (χ0v) is 9.53. The van der Waals surface area contributed by atoms with Crippen molar-refractivity contribution in [1.29, 1.82) is 0 Å². The highest BCUT2D eigenvalue weighted by atomic mass is 16.6. The summed E-state index contributed by atoms with van der Waals surface area (Å²) in [6, 6.07) is 5.32. The molecule has 4 nitrogen and oxygen atoms in total. The van der Waals surface area contributed by atoms with E-state index in [9.17, 15) is 4.79 Å². The minimum absolute atomic E-state index is 0.0852. The summed E-state index contributed by atoms with van der Waals surface area (Å²) in [6.45, 7) is 1.51. The Hall–Kier alpha value is -1.55. The molecule has 0 aliphatic carbocycles. The quantitative estimate of drug-likeness (QED) is 0.719. The Balaban J connectivity index is 2.19. The highest BCUT2D eigenvalue weighted by molar-refractivity contribution is 5.98. The number of nitrogens with zero attached hydrogens (tertiary/aromatic N) is 1. The van der Waals surface area contributed by atoms with Gasteiger partial charge in [0, 0.05) is 5.56 Å². The molecule has 0 fully saturated rings. The molecular weight excluding hydrogens is 206 g/mol. The van der Waals surface area contributed by atoms with E-state index in [-0.39, 0.29) is 5.78 Å². The van der Waals surface area contributed by atoms with Crippen LogP contribution in [0.1, 0.15) is 10.4 Å². The molecule has 2 rings (SSSR count). The number of ether oxygens (including phenoxy) is 2. The summed E-state index contributed by atoms with van der Waals surface area (Å²) in [5.41, 5.74) is 0.665. The molecule has 1 heterocycles. The SMILES string of the molecule is CN(C)CC(=O)c1ccc2c(c1)OCCO2. The van der Waals surface area contributed by atoms with Crippen LogP contribution in [0.25, 0.3) is 0 Å². The van der Waals surface area contributed by atoms with Crippen molar-refractivity contribution in [3.8, 4) is 11.5 Å². The molecule has 1 aromatic rings. The minimum Gasteiger partial charge on any atom is -0.486 e. The average Bonchev–Trinajstić information content (AvgIpc) is 2.27. The van der Waals surface area contributed by atoms with E-state index in [0.29, 0.717) is 36.8 Å². The normalized spacial score (nSPS) is 13.9. The molecular formula is C12H15NO3. The van der Waals surface area contributed by atoms with Gasteiger partial charge in [0.1, 0.15) is 13.2 Å². The number of Topliss-reactive ketones (excluding diaryl/α,β-unsaturated/α-hetero) is 1. The van der Waals surface area contributed by atoms with Gasteiger partial charge >= 0.3 is 0 Å². The first-order valence-corrected chi connectivity index (χ1v) is 5.24. The van der Waals surface area contributed by atoms with E-state index in [1.54, 1.807) is 18.2 Å². The van der Waals surface area contributed by atoms with Crippen LogP contribution in [0, 0.1) is 0 Å². The number of carbonyl (C=O) groups excluding carboxylic acids is 1.